The Hall–Kier alpha value is -4.56. The minimum atomic E-state index is -0.714. The van der Waals surface area contributed by atoms with Gasteiger partial charge < -0.3 is 4.85 Å². The van der Waals surface area contributed by atoms with Crippen LogP contribution in [0.1, 0.15) is 63.8 Å². The molecule has 0 unspecified atom stereocenters. The average molecular weight is 454 g/mol. The molecular weight excluding hydrogens is 430 g/mol. The highest BCUT2D eigenvalue weighted by molar-refractivity contribution is 6.09. The lowest BCUT2D eigenvalue weighted by Crippen LogP contribution is -2.38. The van der Waals surface area contributed by atoms with Crippen LogP contribution in [0.2, 0.25) is 0 Å². The molecule has 34 heavy (non-hydrogen) atoms. The summed E-state index contributed by atoms with van der Waals surface area (Å²) in [6.07, 6.45) is 2.90. The van der Waals surface area contributed by atoms with Crippen LogP contribution >= 0.6 is 0 Å². The second-order valence-corrected chi connectivity index (χ2v) is 8.27. The average Bonchev–Trinajstić information content (AvgIpc) is 2.77. The van der Waals surface area contributed by atoms with Gasteiger partial charge >= 0.3 is 5.69 Å². The number of ketones is 1. The molecule has 0 aliphatic rings. The van der Waals surface area contributed by atoms with E-state index >= 15 is 0 Å². The molecule has 2 aromatic heterocycles. The van der Waals surface area contributed by atoms with Crippen molar-refractivity contribution in [2.24, 2.45) is 0 Å². The zero-order valence-corrected chi connectivity index (χ0v) is 19.3. The Balaban J connectivity index is 2.28. The summed E-state index contributed by atoms with van der Waals surface area (Å²) >= 11 is 0. The minimum Gasteiger partial charge on any atom is -0.361 e. The molecule has 0 bridgehead atoms. The van der Waals surface area contributed by atoms with Crippen LogP contribution in [0.3, 0.4) is 0 Å². The number of carbonyl (C=O) groups excluding carboxylic acids is 1. The minimum absolute atomic E-state index is 0.00314. The third-order valence-electron chi connectivity index (χ3n) is 5.19. The van der Waals surface area contributed by atoms with E-state index < -0.39 is 17.0 Å². The molecule has 8 heteroatoms. The molecule has 170 valence electrons. The van der Waals surface area contributed by atoms with Crippen molar-refractivity contribution in [3.63, 3.8) is 0 Å². The zero-order chi connectivity index (χ0) is 25.0. The van der Waals surface area contributed by atoms with Crippen molar-refractivity contribution < 1.29 is 4.79 Å². The molecule has 0 atom stereocenters. The van der Waals surface area contributed by atoms with E-state index in [9.17, 15) is 14.4 Å². The third kappa shape index (κ3) is 5.08. The van der Waals surface area contributed by atoms with E-state index in [1.165, 1.54) is 10.6 Å². The van der Waals surface area contributed by atoms with E-state index in [2.05, 4.69) is 14.8 Å². The fourth-order valence-electron chi connectivity index (χ4n) is 3.88. The molecule has 0 saturated heterocycles. The molecule has 0 fully saturated rings. The van der Waals surface area contributed by atoms with Crippen molar-refractivity contribution in [1.29, 1.82) is 5.26 Å². The van der Waals surface area contributed by atoms with Crippen molar-refractivity contribution in [3.8, 4) is 6.07 Å². The van der Waals surface area contributed by atoms with E-state index in [1.807, 2.05) is 19.1 Å². The monoisotopic (exact) mass is 453 g/mol. The highest BCUT2D eigenvalue weighted by Gasteiger charge is 2.25. The molecule has 0 aliphatic heterocycles. The number of rotatable bonds is 6. The lowest BCUT2D eigenvalue weighted by atomic mass is 9.95. The number of benzene rings is 1. The second kappa shape index (κ2) is 9.93. The lowest BCUT2D eigenvalue weighted by Gasteiger charge is -2.18. The maximum absolute atomic E-state index is 13.8. The van der Waals surface area contributed by atoms with Gasteiger partial charge in [0.05, 0.1) is 12.6 Å². The van der Waals surface area contributed by atoms with Crippen LogP contribution in [0, 0.1) is 31.8 Å². The van der Waals surface area contributed by atoms with E-state index in [4.69, 9.17) is 11.8 Å². The number of aromatic nitrogens is 3. The summed E-state index contributed by atoms with van der Waals surface area (Å²) in [5.74, 6) is -0.634. The first-order valence-corrected chi connectivity index (χ1v) is 10.6. The number of nitrogens with zero attached hydrogens (tertiary/aromatic N) is 4. The lowest BCUT2D eigenvalue weighted by molar-refractivity contribution is 0.102. The Morgan fingerprint density at radius 3 is 2.62 bits per heavy atom. The van der Waals surface area contributed by atoms with E-state index in [-0.39, 0.29) is 29.5 Å². The maximum atomic E-state index is 13.8. The van der Waals surface area contributed by atoms with Gasteiger partial charge in [-0.3, -0.25) is 19.1 Å². The Morgan fingerprint density at radius 1 is 1.24 bits per heavy atom. The number of H-pyrrole nitrogens is 1. The van der Waals surface area contributed by atoms with Crippen LogP contribution in [-0.4, -0.2) is 20.3 Å². The molecule has 0 amide bonds. The van der Waals surface area contributed by atoms with Gasteiger partial charge in [0.1, 0.15) is 11.4 Å². The molecule has 8 nitrogen and oxygen atoms in total. The smallest absolute Gasteiger partial charge is 0.329 e. The molecule has 3 rings (SSSR count). The SMILES string of the molecule is [C-]#[N+]c1cc(Cn2c(C(=O)c3cc(C)cc(C=CC#N)c3)c(C(C)C)c(=O)[nH]c2=O)cc(C)n1. The van der Waals surface area contributed by atoms with Crippen molar-refractivity contribution in [3.05, 3.63) is 108 Å². The van der Waals surface area contributed by atoms with Crippen molar-refractivity contribution in [1.82, 2.24) is 14.5 Å². The van der Waals surface area contributed by atoms with Gasteiger partial charge in [-0.15, -0.1) is 4.98 Å². The Morgan fingerprint density at radius 2 is 1.97 bits per heavy atom. The second-order valence-electron chi connectivity index (χ2n) is 8.27. The number of nitriles is 1. The standard InChI is InChI=1S/C26H23N5O3/c1-15(2)22-23(24(32)20-10-16(3)9-18(12-20)7-6-8-27)31(26(34)30-25(22)33)14-19-11-17(4)29-21(13-19)28-5/h6-7,9-13,15H,14H2,1-4H3,(H,30,33,34). The quantitative estimate of drug-likeness (QED) is 0.344. The van der Waals surface area contributed by atoms with Crippen molar-refractivity contribution in [2.45, 2.75) is 40.2 Å². The Bertz CT molecular complexity index is 1510. The summed E-state index contributed by atoms with van der Waals surface area (Å²) < 4.78 is 1.24. The van der Waals surface area contributed by atoms with E-state index in [0.29, 0.717) is 22.4 Å². The molecule has 0 aliphatic carbocycles. The van der Waals surface area contributed by atoms with Crippen molar-refractivity contribution >= 4 is 17.7 Å². The first-order chi connectivity index (χ1) is 16.1. The summed E-state index contributed by atoms with van der Waals surface area (Å²) in [5, 5.41) is 8.84. The molecule has 2 heterocycles. The highest BCUT2D eigenvalue weighted by Crippen LogP contribution is 2.22. The zero-order valence-electron chi connectivity index (χ0n) is 19.3. The topological polar surface area (TPSA) is 113 Å². The molecular formula is C26H23N5O3. The summed E-state index contributed by atoms with van der Waals surface area (Å²) in [5.41, 5.74) is 1.84. The third-order valence-corrected chi connectivity index (χ3v) is 5.19. The maximum Gasteiger partial charge on any atom is 0.329 e. The van der Waals surface area contributed by atoms with Gasteiger partial charge in [-0.2, -0.15) is 5.26 Å². The number of hydrogen-bond acceptors (Lipinski definition) is 5. The van der Waals surface area contributed by atoms with Crippen LogP contribution < -0.4 is 11.2 Å². The number of carbonyl (C=O) groups is 1. The van der Waals surface area contributed by atoms with Crippen LogP contribution in [0.15, 0.2) is 46.0 Å². The van der Waals surface area contributed by atoms with Crippen LogP contribution in [-0.2, 0) is 6.54 Å². The van der Waals surface area contributed by atoms with Gasteiger partial charge in [0.15, 0.2) is 0 Å². The predicted octanol–water partition coefficient (Wildman–Crippen LogP) is 4.04. The number of hydrogen-bond donors (Lipinski definition) is 1. The fraction of sp³-hybridized carbons (Fsp3) is 0.231. The molecule has 1 aromatic carbocycles. The predicted molar refractivity (Wildman–Crippen MR) is 129 cm³/mol. The van der Waals surface area contributed by atoms with Gasteiger partial charge in [0.25, 0.3) is 11.4 Å². The van der Waals surface area contributed by atoms with Crippen LogP contribution in [0.4, 0.5) is 5.82 Å². The van der Waals surface area contributed by atoms with Gasteiger partial charge in [-0.25, -0.2) is 4.79 Å². The summed E-state index contributed by atoms with van der Waals surface area (Å²) in [4.78, 5) is 49.3. The summed E-state index contributed by atoms with van der Waals surface area (Å²) in [6, 6.07) is 10.3. The molecule has 0 radical (unpaired) electrons. The van der Waals surface area contributed by atoms with Gasteiger partial charge in [-0.05, 0) is 59.9 Å². The highest BCUT2D eigenvalue weighted by atomic mass is 16.2. The number of nitrogens with one attached hydrogen (secondary N) is 1. The number of aryl methyl sites for hydroxylation is 2. The number of aromatic amines is 1. The van der Waals surface area contributed by atoms with Crippen LogP contribution in [0.25, 0.3) is 10.9 Å². The molecule has 0 saturated carbocycles. The molecule has 1 N–H and O–H groups in total. The van der Waals surface area contributed by atoms with Gasteiger partial charge in [0.2, 0.25) is 5.78 Å². The van der Waals surface area contributed by atoms with Gasteiger partial charge in [-0.1, -0.05) is 26.5 Å². The number of allylic oxidation sites excluding steroid dienone is 1. The van der Waals surface area contributed by atoms with E-state index in [0.717, 1.165) is 5.56 Å². The first kappa shape index (κ1) is 24.1. The largest absolute Gasteiger partial charge is 0.361 e. The van der Waals surface area contributed by atoms with Crippen LogP contribution in [0.5, 0.6) is 0 Å². The normalized spacial score (nSPS) is 10.9. The first-order valence-electron chi connectivity index (χ1n) is 10.6. The summed E-state index contributed by atoms with van der Waals surface area (Å²) in [6.45, 7) is 14.4. The van der Waals surface area contributed by atoms with E-state index in [1.54, 1.807) is 51.1 Å². The number of pyridine rings is 1. The Kier molecular flexibility index (Phi) is 7.04. The van der Waals surface area contributed by atoms with Gasteiger partial charge in [0, 0.05) is 24.1 Å². The summed E-state index contributed by atoms with van der Waals surface area (Å²) in [7, 11) is 0. The molecule has 0 spiro atoms. The van der Waals surface area contributed by atoms with Crippen molar-refractivity contribution in [2.75, 3.05) is 0 Å². The Labute approximate surface area is 196 Å². The fourth-order valence-corrected chi connectivity index (χ4v) is 3.88. The molecule has 3 aromatic rings.